The highest BCUT2D eigenvalue weighted by molar-refractivity contribution is 4.91. The van der Waals surface area contributed by atoms with E-state index in [0.717, 1.165) is 13.1 Å². The summed E-state index contributed by atoms with van der Waals surface area (Å²) in [6.07, 6.45) is 0. The van der Waals surface area contributed by atoms with Gasteiger partial charge in [0.25, 0.3) is 0 Å². The van der Waals surface area contributed by atoms with E-state index in [2.05, 4.69) is 38.0 Å². The minimum atomic E-state index is 0.00819. The van der Waals surface area contributed by atoms with Crippen molar-refractivity contribution >= 4 is 0 Å². The highest BCUT2D eigenvalue weighted by atomic mass is 16.5. The molecule has 0 heterocycles. The molecule has 0 aliphatic carbocycles. The lowest BCUT2D eigenvalue weighted by molar-refractivity contribution is 0.0468. The number of hydrogen-bond acceptors (Lipinski definition) is 4. The molecular formula is C10H25N3O. The topological polar surface area (TPSA) is 50.5 Å². The van der Waals surface area contributed by atoms with E-state index in [1.54, 1.807) is 7.11 Å². The van der Waals surface area contributed by atoms with Crippen LogP contribution in [0.1, 0.15) is 27.7 Å². The molecule has 0 aromatic carbocycles. The van der Waals surface area contributed by atoms with Crippen LogP contribution in [0.15, 0.2) is 0 Å². The Hall–Kier alpha value is -0.160. The number of nitrogens with zero attached hydrogens (tertiary/aromatic N) is 1. The molecule has 86 valence electrons. The van der Waals surface area contributed by atoms with Crippen LogP contribution in [0.4, 0.5) is 0 Å². The van der Waals surface area contributed by atoms with Gasteiger partial charge in [0.1, 0.15) is 0 Å². The summed E-state index contributed by atoms with van der Waals surface area (Å²) in [4.78, 5) is 2.37. The molecule has 1 unspecified atom stereocenters. The van der Waals surface area contributed by atoms with Gasteiger partial charge in [-0.1, -0.05) is 13.8 Å². The van der Waals surface area contributed by atoms with Crippen molar-refractivity contribution < 1.29 is 4.74 Å². The number of methoxy groups -OCH3 is 1. The molecule has 0 aromatic heterocycles. The van der Waals surface area contributed by atoms with E-state index in [-0.39, 0.29) is 11.6 Å². The lowest BCUT2D eigenvalue weighted by Gasteiger charge is -2.42. The second-order valence-corrected chi connectivity index (χ2v) is 4.00. The molecule has 0 rings (SSSR count). The molecule has 0 saturated heterocycles. The first-order valence-corrected chi connectivity index (χ1v) is 5.24. The lowest BCUT2D eigenvalue weighted by Crippen LogP contribution is -2.61. The third-order valence-electron chi connectivity index (χ3n) is 2.97. The molecule has 3 N–H and O–H groups in total. The van der Waals surface area contributed by atoms with Gasteiger partial charge >= 0.3 is 0 Å². The van der Waals surface area contributed by atoms with Gasteiger partial charge in [0.2, 0.25) is 0 Å². The zero-order valence-electron chi connectivity index (χ0n) is 10.1. The number of nitrogens with one attached hydrogen (secondary N) is 1. The Bertz CT molecular complexity index is 146. The summed E-state index contributed by atoms with van der Waals surface area (Å²) in [5.41, 5.74) is 2.83. The van der Waals surface area contributed by atoms with E-state index in [9.17, 15) is 0 Å². The highest BCUT2D eigenvalue weighted by Gasteiger charge is 2.33. The molecule has 4 heteroatoms. The number of nitrogens with two attached hydrogens (primary N) is 1. The van der Waals surface area contributed by atoms with Crippen LogP contribution in [0.5, 0.6) is 0 Å². The van der Waals surface area contributed by atoms with Crippen molar-refractivity contribution in [3.05, 3.63) is 0 Å². The van der Waals surface area contributed by atoms with Crippen molar-refractivity contribution in [3.8, 4) is 0 Å². The Morgan fingerprint density at radius 2 is 1.86 bits per heavy atom. The van der Waals surface area contributed by atoms with Crippen LogP contribution in [-0.2, 0) is 4.74 Å². The zero-order valence-corrected chi connectivity index (χ0v) is 10.1. The Morgan fingerprint density at radius 3 is 2.14 bits per heavy atom. The molecule has 0 bridgehead atoms. The van der Waals surface area contributed by atoms with Crippen LogP contribution >= 0.6 is 0 Å². The summed E-state index contributed by atoms with van der Waals surface area (Å²) in [5.74, 6) is 5.54. The van der Waals surface area contributed by atoms with Crippen molar-refractivity contribution in [1.29, 1.82) is 0 Å². The van der Waals surface area contributed by atoms with E-state index in [1.807, 2.05) is 0 Å². The van der Waals surface area contributed by atoms with Crippen LogP contribution in [0, 0.1) is 0 Å². The smallest absolute Gasteiger partial charge is 0.0647 e. The van der Waals surface area contributed by atoms with Crippen LogP contribution in [0.2, 0.25) is 0 Å². The third-order valence-corrected chi connectivity index (χ3v) is 2.97. The van der Waals surface area contributed by atoms with Gasteiger partial charge in [-0.15, -0.1) is 0 Å². The number of rotatable bonds is 7. The first kappa shape index (κ1) is 13.8. The van der Waals surface area contributed by atoms with Gasteiger partial charge in [0.15, 0.2) is 0 Å². The number of hydrazine groups is 1. The van der Waals surface area contributed by atoms with Gasteiger partial charge in [-0.3, -0.25) is 16.2 Å². The van der Waals surface area contributed by atoms with E-state index >= 15 is 0 Å². The predicted molar refractivity (Wildman–Crippen MR) is 60.0 cm³/mol. The molecule has 0 amide bonds. The molecule has 0 saturated carbocycles. The van der Waals surface area contributed by atoms with Gasteiger partial charge < -0.3 is 4.74 Å². The monoisotopic (exact) mass is 203 g/mol. The summed E-state index contributed by atoms with van der Waals surface area (Å²) in [6, 6.07) is 0.146. The van der Waals surface area contributed by atoms with Gasteiger partial charge in [0.05, 0.1) is 12.6 Å². The van der Waals surface area contributed by atoms with Crippen molar-refractivity contribution in [2.75, 3.05) is 26.8 Å². The van der Waals surface area contributed by atoms with Crippen LogP contribution in [0.25, 0.3) is 0 Å². The zero-order chi connectivity index (χ0) is 11.2. The third kappa shape index (κ3) is 3.20. The summed E-state index contributed by atoms with van der Waals surface area (Å²) >= 11 is 0. The molecule has 14 heavy (non-hydrogen) atoms. The fourth-order valence-electron chi connectivity index (χ4n) is 1.88. The number of ether oxygens (including phenoxy) is 1. The molecule has 0 aliphatic rings. The van der Waals surface area contributed by atoms with E-state index < -0.39 is 0 Å². The summed E-state index contributed by atoms with van der Waals surface area (Å²) in [6.45, 7) is 11.3. The first-order chi connectivity index (χ1) is 6.54. The highest BCUT2D eigenvalue weighted by Crippen LogP contribution is 2.18. The first-order valence-electron chi connectivity index (χ1n) is 5.24. The second kappa shape index (κ2) is 6.35. The Kier molecular flexibility index (Phi) is 6.27. The van der Waals surface area contributed by atoms with Gasteiger partial charge in [-0.2, -0.15) is 0 Å². The van der Waals surface area contributed by atoms with Gasteiger partial charge in [-0.05, 0) is 26.9 Å². The maximum absolute atomic E-state index is 5.54. The lowest BCUT2D eigenvalue weighted by atomic mass is 9.93. The number of likely N-dealkylation sites (N-methyl/N-ethyl adjacent to an activating group) is 1. The summed E-state index contributed by atoms with van der Waals surface area (Å²) < 4.78 is 5.15. The molecule has 0 radical (unpaired) electrons. The van der Waals surface area contributed by atoms with Gasteiger partial charge in [0, 0.05) is 12.6 Å². The SMILES string of the molecule is CCN(CC)C(C)(C)C(COC)NN. The van der Waals surface area contributed by atoms with Crippen molar-refractivity contribution in [1.82, 2.24) is 10.3 Å². The van der Waals surface area contributed by atoms with Crippen molar-refractivity contribution in [2.45, 2.75) is 39.3 Å². The van der Waals surface area contributed by atoms with E-state index in [1.165, 1.54) is 0 Å². The van der Waals surface area contributed by atoms with Gasteiger partial charge in [-0.25, -0.2) is 0 Å². The fourth-order valence-corrected chi connectivity index (χ4v) is 1.88. The molecule has 0 aliphatic heterocycles. The molecular weight excluding hydrogens is 178 g/mol. The molecule has 0 aromatic rings. The minimum absolute atomic E-state index is 0.00819. The average molecular weight is 203 g/mol. The maximum atomic E-state index is 5.54. The Morgan fingerprint density at radius 1 is 1.36 bits per heavy atom. The molecule has 0 spiro atoms. The maximum Gasteiger partial charge on any atom is 0.0647 e. The Labute approximate surface area is 87.8 Å². The normalized spacial score (nSPS) is 14.8. The minimum Gasteiger partial charge on any atom is -0.383 e. The quantitative estimate of drug-likeness (QED) is 0.469. The average Bonchev–Trinajstić information content (AvgIpc) is 2.15. The van der Waals surface area contributed by atoms with Crippen molar-refractivity contribution in [2.24, 2.45) is 5.84 Å². The molecule has 4 nitrogen and oxygen atoms in total. The van der Waals surface area contributed by atoms with Crippen LogP contribution in [-0.4, -0.2) is 43.3 Å². The van der Waals surface area contributed by atoms with Crippen LogP contribution in [0.3, 0.4) is 0 Å². The second-order valence-electron chi connectivity index (χ2n) is 4.00. The number of hydrogen-bond donors (Lipinski definition) is 2. The van der Waals surface area contributed by atoms with Crippen LogP contribution < -0.4 is 11.3 Å². The summed E-state index contributed by atoms with van der Waals surface area (Å²) in [7, 11) is 1.70. The van der Waals surface area contributed by atoms with E-state index in [4.69, 9.17) is 10.6 Å². The largest absolute Gasteiger partial charge is 0.383 e. The standard InChI is InChI=1S/C10H25N3O/c1-6-13(7-2)10(3,4)9(12-11)8-14-5/h9,12H,6-8,11H2,1-5H3. The Balaban J connectivity index is 4.51. The van der Waals surface area contributed by atoms with Crippen molar-refractivity contribution in [3.63, 3.8) is 0 Å². The van der Waals surface area contributed by atoms with E-state index in [0.29, 0.717) is 6.61 Å². The fraction of sp³-hybridized carbons (Fsp3) is 1.00. The summed E-state index contributed by atoms with van der Waals surface area (Å²) in [5, 5.41) is 0. The molecule has 0 fully saturated rings. The molecule has 1 atom stereocenters. The predicted octanol–water partition coefficient (Wildman–Crippen LogP) is 0.585.